The van der Waals surface area contributed by atoms with Crippen LogP contribution in [0.15, 0.2) is 12.1 Å². The molecule has 2 atom stereocenters. The first kappa shape index (κ1) is 16.4. The molecular weight excluding hydrogens is 258 g/mol. The highest BCUT2D eigenvalue weighted by Crippen LogP contribution is 2.46. The van der Waals surface area contributed by atoms with E-state index in [1.54, 1.807) is 0 Å². The van der Waals surface area contributed by atoms with Crippen LogP contribution in [0.4, 0.5) is 0 Å². The summed E-state index contributed by atoms with van der Waals surface area (Å²) in [5, 5.41) is 0. The van der Waals surface area contributed by atoms with Crippen molar-refractivity contribution >= 4 is 0 Å². The van der Waals surface area contributed by atoms with Gasteiger partial charge in [-0.05, 0) is 42.2 Å². The van der Waals surface area contributed by atoms with E-state index in [1.165, 1.54) is 16.7 Å². The molecule has 0 radical (unpaired) electrons. The summed E-state index contributed by atoms with van der Waals surface area (Å²) in [7, 11) is 0. The van der Waals surface area contributed by atoms with Crippen LogP contribution < -0.4 is 10.5 Å². The van der Waals surface area contributed by atoms with Crippen LogP contribution in [-0.4, -0.2) is 6.10 Å². The van der Waals surface area contributed by atoms with E-state index in [0.717, 1.165) is 18.6 Å². The summed E-state index contributed by atoms with van der Waals surface area (Å²) in [5.41, 5.74) is 10.5. The Bertz CT molecular complexity index is 531. The first-order valence-electron chi connectivity index (χ1n) is 8.25. The topological polar surface area (TPSA) is 35.2 Å². The number of fused-ring (bicyclic) bond motifs is 1. The quantitative estimate of drug-likeness (QED) is 0.860. The summed E-state index contributed by atoms with van der Waals surface area (Å²) >= 11 is 0. The van der Waals surface area contributed by atoms with Crippen molar-refractivity contribution in [2.45, 2.75) is 84.3 Å². The molecule has 2 heteroatoms. The highest BCUT2D eigenvalue weighted by atomic mass is 16.5. The summed E-state index contributed by atoms with van der Waals surface area (Å²) in [4.78, 5) is 0. The monoisotopic (exact) mass is 289 g/mol. The molecule has 1 aromatic carbocycles. The van der Waals surface area contributed by atoms with Crippen molar-refractivity contribution in [3.8, 4) is 5.75 Å². The van der Waals surface area contributed by atoms with Gasteiger partial charge in [0.05, 0.1) is 6.04 Å². The van der Waals surface area contributed by atoms with Gasteiger partial charge >= 0.3 is 0 Å². The lowest BCUT2D eigenvalue weighted by Gasteiger charge is -2.30. The Hall–Kier alpha value is -1.02. The molecule has 21 heavy (non-hydrogen) atoms. The lowest BCUT2D eigenvalue weighted by atomic mass is 9.75. The molecule has 1 aromatic rings. The lowest BCUT2D eigenvalue weighted by molar-refractivity contribution is 0.223. The Labute approximate surface area is 130 Å². The van der Waals surface area contributed by atoms with E-state index in [9.17, 15) is 0 Å². The molecule has 0 saturated heterocycles. The molecule has 0 saturated carbocycles. The van der Waals surface area contributed by atoms with Crippen LogP contribution in [0.3, 0.4) is 0 Å². The maximum Gasteiger partial charge on any atom is 0.128 e. The Kier molecular flexibility index (Phi) is 4.14. The minimum absolute atomic E-state index is 0.0148. The first-order chi connectivity index (χ1) is 9.64. The molecule has 0 amide bonds. The molecule has 0 aliphatic carbocycles. The van der Waals surface area contributed by atoms with Crippen LogP contribution in [-0.2, 0) is 10.8 Å². The van der Waals surface area contributed by atoms with Gasteiger partial charge in [0, 0.05) is 11.1 Å². The third kappa shape index (κ3) is 2.70. The molecule has 1 aliphatic heterocycles. The maximum absolute atomic E-state index is 6.37. The molecule has 1 aliphatic rings. The van der Waals surface area contributed by atoms with E-state index < -0.39 is 0 Å². The normalized spacial score (nSPS) is 22.1. The van der Waals surface area contributed by atoms with Crippen LogP contribution in [0.2, 0.25) is 0 Å². The second-order valence-electron chi connectivity index (χ2n) is 7.77. The summed E-state index contributed by atoms with van der Waals surface area (Å²) in [6.45, 7) is 15.8. The number of hydrogen-bond donors (Lipinski definition) is 1. The molecule has 2 nitrogen and oxygen atoms in total. The van der Waals surface area contributed by atoms with Gasteiger partial charge in [-0.25, -0.2) is 0 Å². The molecule has 0 fully saturated rings. The van der Waals surface area contributed by atoms with E-state index in [4.69, 9.17) is 10.5 Å². The van der Waals surface area contributed by atoms with Crippen molar-refractivity contribution in [3.63, 3.8) is 0 Å². The van der Waals surface area contributed by atoms with Gasteiger partial charge in [0.25, 0.3) is 0 Å². The zero-order valence-electron chi connectivity index (χ0n) is 14.7. The van der Waals surface area contributed by atoms with Crippen molar-refractivity contribution < 1.29 is 4.74 Å². The minimum atomic E-state index is -0.0148. The van der Waals surface area contributed by atoms with Gasteiger partial charge in [0.15, 0.2) is 0 Å². The highest BCUT2D eigenvalue weighted by molar-refractivity contribution is 5.53. The van der Waals surface area contributed by atoms with Gasteiger partial charge in [-0.3, -0.25) is 0 Å². The van der Waals surface area contributed by atoms with Gasteiger partial charge in [-0.15, -0.1) is 0 Å². The Morgan fingerprint density at radius 3 is 2.14 bits per heavy atom. The largest absolute Gasteiger partial charge is 0.488 e. The molecule has 2 N–H and O–H groups in total. The van der Waals surface area contributed by atoms with Crippen molar-refractivity contribution in [1.29, 1.82) is 0 Å². The molecule has 0 spiro atoms. The average Bonchev–Trinajstić information content (AvgIpc) is 2.73. The predicted molar refractivity (Wildman–Crippen MR) is 90.1 cm³/mol. The van der Waals surface area contributed by atoms with Crippen LogP contribution >= 0.6 is 0 Å². The Morgan fingerprint density at radius 2 is 1.62 bits per heavy atom. The summed E-state index contributed by atoms with van der Waals surface area (Å²) in [5.74, 6) is 1.04. The SMILES string of the molecule is CCC(C)(C)c1cc2c(c(C(C)(C)CC)c1)OC(C)C2N. The fourth-order valence-corrected chi connectivity index (χ4v) is 2.83. The molecular formula is C19H31NO. The van der Waals surface area contributed by atoms with Crippen molar-refractivity contribution in [1.82, 2.24) is 0 Å². The standard InChI is InChI=1S/C19H31NO/c1-8-18(4,5)13-10-14-16(20)12(3)21-17(14)15(11-13)19(6,7)9-2/h10-12,16H,8-9,20H2,1-7H3. The second-order valence-corrected chi connectivity index (χ2v) is 7.77. The van der Waals surface area contributed by atoms with Crippen LogP contribution in [0.25, 0.3) is 0 Å². The van der Waals surface area contributed by atoms with Crippen LogP contribution in [0.1, 0.15) is 84.0 Å². The molecule has 0 bridgehead atoms. The minimum Gasteiger partial charge on any atom is -0.488 e. The van der Waals surface area contributed by atoms with Gasteiger partial charge < -0.3 is 10.5 Å². The summed E-state index contributed by atoms with van der Waals surface area (Å²) in [6, 6.07) is 4.62. The van der Waals surface area contributed by atoms with E-state index >= 15 is 0 Å². The van der Waals surface area contributed by atoms with Crippen molar-refractivity contribution in [2.75, 3.05) is 0 Å². The smallest absolute Gasteiger partial charge is 0.128 e. The van der Waals surface area contributed by atoms with Gasteiger partial charge in [0.1, 0.15) is 11.9 Å². The van der Waals surface area contributed by atoms with Gasteiger partial charge in [0.2, 0.25) is 0 Å². The van der Waals surface area contributed by atoms with E-state index in [-0.39, 0.29) is 23.0 Å². The highest BCUT2D eigenvalue weighted by Gasteiger charge is 2.36. The number of nitrogens with two attached hydrogens (primary N) is 1. The number of rotatable bonds is 4. The summed E-state index contributed by atoms with van der Waals surface area (Å²) in [6.07, 6.45) is 2.26. The van der Waals surface area contributed by atoms with Crippen molar-refractivity contribution in [2.24, 2.45) is 5.73 Å². The average molecular weight is 289 g/mol. The van der Waals surface area contributed by atoms with Gasteiger partial charge in [-0.2, -0.15) is 0 Å². The third-order valence-corrected chi connectivity index (χ3v) is 5.56. The summed E-state index contributed by atoms with van der Waals surface area (Å²) < 4.78 is 6.11. The Morgan fingerprint density at radius 1 is 1.05 bits per heavy atom. The Balaban J connectivity index is 2.68. The fourth-order valence-electron chi connectivity index (χ4n) is 2.83. The molecule has 1 heterocycles. The first-order valence-corrected chi connectivity index (χ1v) is 8.25. The molecule has 2 rings (SSSR count). The number of ether oxygens (including phenoxy) is 1. The molecule has 118 valence electrons. The predicted octanol–water partition coefficient (Wildman–Crippen LogP) is 4.84. The molecule has 0 aromatic heterocycles. The zero-order valence-corrected chi connectivity index (χ0v) is 14.7. The van der Waals surface area contributed by atoms with Crippen LogP contribution in [0.5, 0.6) is 5.75 Å². The lowest BCUT2D eigenvalue weighted by Crippen LogP contribution is -2.22. The third-order valence-electron chi connectivity index (χ3n) is 5.56. The number of benzene rings is 1. The molecule has 2 unspecified atom stereocenters. The van der Waals surface area contributed by atoms with Gasteiger partial charge in [-0.1, -0.05) is 47.6 Å². The van der Waals surface area contributed by atoms with Crippen LogP contribution in [0, 0.1) is 0 Å². The van der Waals surface area contributed by atoms with Crippen molar-refractivity contribution in [3.05, 3.63) is 28.8 Å². The maximum atomic E-state index is 6.37. The van der Waals surface area contributed by atoms with E-state index in [0.29, 0.717) is 0 Å². The fraction of sp³-hybridized carbons (Fsp3) is 0.684. The van der Waals surface area contributed by atoms with E-state index in [1.807, 2.05) is 0 Å². The van der Waals surface area contributed by atoms with E-state index in [2.05, 4.69) is 60.6 Å². The number of hydrogen-bond acceptors (Lipinski definition) is 2. The zero-order chi connectivity index (χ0) is 16.0. The second kappa shape index (κ2) is 5.31.